The lowest BCUT2D eigenvalue weighted by Gasteiger charge is -2.12. The largest absolute Gasteiger partial charge is 0.309 e. The van der Waals surface area contributed by atoms with Gasteiger partial charge in [-0.15, -0.1) is 0 Å². The van der Waals surface area contributed by atoms with Crippen LogP contribution in [0.5, 0.6) is 0 Å². The zero-order chi connectivity index (χ0) is 41.4. The van der Waals surface area contributed by atoms with Crippen molar-refractivity contribution in [2.45, 2.75) is 0 Å². The predicted molar refractivity (Wildman–Crippen MR) is 259 cm³/mol. The van der Waals surface area contributed by atoms with Crippen LogP contribution in [0, 0.1) is 0 Å². The Kier molecular flexibility index (Phi) is 7.80. The van der Waals surface area contributed by atoms with E-state index < -0.39 is 0 Å². The van der Waals surface area contributed by atoms with Gasteiger partial charge < -0.3 is 13.7 Å². The normalized spacial score (nSPS) is 11.8. The van der Waals surface area contributed by atoms with Crippen molar-refractivity contribution in [2.24, 2.45) is 0 Å². The van der Waals surface area contributed by atoms with Crippen LogP contribution in [0.1, 0.15) is 0 Å². The summed E-state index contributed by atoms with van der Waals surface area (Å²) in [4.78, 5) is 14.9. The Morgan fingerprint density at radius 1 is 0.222 bits per heavy atom. The van der Waals surface area contributed by atoms with Gasteiger partial charge in [0.1, 0.15) is 0 Å². The van der Waals surface area contributed by atoms with E-state index in [1.54, 1.807) is 0 Å². The molecule has 13 rings (SSSR count). The van der Waals surface area contributed by atoms with E-state index in [9.17, 15) is 0 Å². The second kappa shape index (κ2) is 14.0. The van der Waals surface area contributed by atoms with Gasteiger partial charge in [0.05, 0.1) is 33.1 Å². The molecule has 0 atom stereocenters. The summed E-state index contributed by atoms with van der Waals surface area (Å²) in [6, 6.07) is 77.5. The van der Waals surface area contributed by atoms with Gasteiger partial charge >= 0.3 is 0 Å². The Bertz CT molecular complexity index is 3820. The summed E-state index contributed by atoms with van der Waals surface area (Å²) in [6.07, 6.45) is 0. The van der Waals surface area contributed by atoms with Crippen molar-refractivity contribution in [1.29, 1.82) is 0 Å². The molecule has 294 valence electrons. The third-order valence-corrected chi connectivity index (χ3v) is 12.5. The van der Waals surface area contributed by atoms with Crippen LogP contribution >= 0.6 is 0 Å². The maximum Gasteiger partial charge on any atom is 0.164 e. The molecule has 9 aromatic carbocycles. The molecule has 6 heteroatoms. The molecule has 0 spiro atoms. The number of nitrogens with zero attached hydrogens (tertiary/aromatic N) is 6. The minimum atomic E-state index is 0.631. The van der Waals surface area contributed by atoms with E-state index in [2.05, 4.69) is 171 Å². The first kappa shape index (κ1) is 35.2. The third kappa shape index (κ3) is 5.55. The molecule has 0 aliphatic rings. The number of hydrogen-bond acceptors (Lipinski definition) is 3. The van der Waals surface area contributed by atoms with Gasteiger partial charge in [-0.05, 0) is 84.9 Å². The fourth-order valence-corrected chi connectivity index (χ4v) is 9.64. The van der Waals surface area contributed by atoms with Gasteiger partial charge in [-0.25, -0.2) is 15.0 Å². The average Bonchev–Trinajstić information content (AvgIpc) is 3.99. The SMILES string of the molecule is c1ccc(-c2nc(-c3ccccc3)nc(-c3ccc(-n4c5ccccc5c5cc6c7ccccc7n(-c7ccc8c(c7)c7ccccc7n8-c7ccccc7)c6cc54)cc3)n2)cc1. The lowest BCUT2D eigenvalue weighted by molar-refractivity contribution is 1.07. The smallest absolute Gasteiger partial charge is 0.164 e. The van der Waals surface area contributed by atoms with Crippen LogP contribution in [0.3, 0.4) is 0 Å². The molecule has 0 radical (unpaired) electrons. The van der Waals surface area contributed by atoms with Crippen LogP contribution in [0.15, 0.2) is 218 Å². The molecule has 0 N–H and O–H groups in total. The monoisotopic (exact) mass is 804 g/mol. The Morgan fingerprint density at radius 2 is 0.571 bits per heavy atom. The highest BCUT2D eigenvalue weighted by Crippen LogP contribution is 2.41. The summed E-state index contributed by atoms with van der Waals surface area (Å²) in [6.45, 7) is 0. The van der Waals surface area contributed by atoms with Crippen LogP contribution < -0.4 is 0 Å². The maximum atomic E-state index is 5.00. The van der Waals surface area contributed by atoms with Crippen molar-refractivity contribution in [1.82, 2.24) is 28.7 Å². The Hall–Kier alpha value is -8.61. The average molecular weight is 805 g/mol. The second-order valence-electron chi connectivity index (χ2n) is 16.1. The van der Waals surface area contributed by atoms with E-state index in [1.807, 2.05) is 60.7 Å². The van der Waals surface area contributed by atoms with Gasteiger partial charge in [0.25, 0.3) is 0 Å². The summed E-state index contributed by atoms with van der Waals surface area (Å²) in [5, 5.41) is 7.32. The lowest BCUT2D eigenvalue weighted by atomic mass is 10.1. The summed E-state index contributed by atoms with van der Waals surface area (Å²) < 4.78 is 7.21. The topological polar surface area (TPSA) is 53.5 Å². The quantitative estimate of drug-likeness (QED) is 0.168. The molecule has 0 saturated carbocycles. The summed E-state index contributed by atoms with van der Waals surface area (Å²) in [5.74, 6) is 1.92. The molecular formula is C57H36N6. The highest BCUT2D eigenvalue weighted by atomic mass is 15.0. The van der Waals surface area contributed by atoms with Crippen LogP contribution in [0.4, 0.5) is 0 Å². The van der Waals surface area contributed by atoms with Gasteiger partial charge in [0, 0.05) is 66.1 Å². The summed E-state index contributed by atoms with van der Waals surface area (Å²) >= 11 is 0. The first-order valence-corrected chi connectivity index (χ1v) is 21.3. The van der Waals surface area contributed by atoms with Gasteiger partial charge in [0.15, 0.2) is 17.5 Å². The van der Waals surface area contributed by atoms with Gasteiger partial charge in [-0.3, -0.25) is 0 Å². The van der Waals surface area contributed by atoms with Crippen molar-refractivity contribution in [3.8, 4) is 51.2 Å². The molecule has 63 heavy (non-hydrogen) atoms. The molecule has 4 heterocycles. The van der Waals surface area contributed by atoms with Crippen LogP contribution in [-0.4, -0.2) is 28.7 Å². The number of hydrogen-bond donors (Lipinski definition) is 0. The molecule has 0 saturated heterocycles. The minimum Gasteiger partial charge on any atom is -0.309 e. The molecule has 0 aliphatic carbocycles. The van der Waals surface area contributed by atoms with Crippen LogP contribution in [0.2, 0.25) is 0 Å². The fourth-order valence-electron chi connectivity index (χ4n) is 9.64. The predicted octanol–water partition coefficient (Wildman–Crippen LogP) is 14.2. The maximum absolute atomic E-state index is 5.00. The van der Waals surface area contributed by atoms with Crippen molar-refractivity contribution >= 4 is 65.4 Å². The second-order valence-corrected chi connectivity index (χ2v) is 16.1. The van der Waals surface area contributed by atoms with Crippen molar-refractivity contribution in [3.05, 3.63) is 218 Å². The molecule has 0 fully saturated rings. The van der Waals surface area contributed by atoms with E-state index >= 15 is 0 Å². The van der Waals surface area contributed by atoms with Crippen LogP contribution in [-0.2, 0) is 0 Å². The zero-order valence-electron chi connectivity index (χ0n) is 34.0. The van der Waals surface area contributed by atoms with E-state index in [1.165, 1.54) is 48.9 Å². The standard InChI is InChI=1S/C57H36N6/c1-4-16-37(17-5-1)55-58-56(38-18-6-2-7-19-38)60-57(59-55)39-28-30-41(31-29-39)62-50-26-14-11-23-44(50)47-35-48-45-24-12-15-27-51(45)63(54(48)36-53(47)62)42-32-33-52-46(34-42)43-22-10-13-25-49(43)61(52)40-20-8-3-9-21-40/h1-36H. The van der Waals surface area contributed by atoms with Crippen molar-refractivity contribution < 1.29 is 0 Å². The van der Waals surface area contributed by atoms with Crippen molar-refractivity contribution in [2.75, 3.05) is 0 Å². The zero-order valence-corrected chi connectivity index (χ0v) is 34.0. The van der Waals surface area contributed by atoms with Gasteiger partial charge in [-0.1, -0.05) is 133 Å². The first-order valence-electron chi connectivity index (χ1n) is 21.3. The molecule has 4 aromatic heterocycles. The minimum absolute atomic E-state index is 0.631. The Labute approximate surface area is 362 Å². The number of aromatic nitrogens is 6. The summed E-state index contributed by atoms with van der Waals surface area (Å²) in [5.41, 5.74) is 13.1. The van der Waals surface area contributed by atoms with E-state index in [0.29, 0.717) is 17.5 Å². The molecule has 0 amide bonds. The van der Waals surface area contributed by atoms with Gasteiger partial charge in [-0.2, -0.15) is 0 Å². The van der Waals surface area contributed by atoms with Crippen molar-refractivity contribution in [3.63, 3.8) is 0 Å². The van der Waals surface area contributed by atoms with E-state index in [0.717, 1.165) is 50.3 Å². The van der Waals surface area contributed by atoms with E-state index in [-0.39, 0.29) is 0 Å². The molecule has 0 unspecified atom stereocenters. The number of para-hydroxylation sites is 4. The van der Waals surface area contributed by atoms with Crippen LogP contribution in [0.25, 0.3) is 117 Å². The lowest BCUT2D eigenvalue weighted by Crippen LogP contribution is -2.00. The van der Waals surface area contributed by atoms with E-state index in [4.69, 9.17) is 15.0 Å². The third-order valence-electron chi connectivity index (χ3n) is 12.5. The number of benzene rings is 9. The molecule has 13 aromatic rings. The molecule has 0 bridgehead atoms. The fraction of sp³-hybridized carbons (Fsp3) is 0. The van der Waals surface area contributed by atoms with Gasteiger partial charge in [0.2, 0.25) is 0 Å². The Morgan fingerprint density at radius 3 is 1.08 bits per heavy atom. The first-order chi connectivity index (χ1) is 31.2. The summed E-state index contributed by atoms with van der Waals surface area (Å²) in [7, 11) is 0. The molecular weight excluding hydrogens is 769 g/mol. The highest BCUT2D eigenvalue weighted by Gasteiger charge is 2.20. The molecule has 6 nitrogen and oxygen atoms in total. The number of rotatable bonds is 6. The molecule has 0 aliphatic heterocycles. The number of fused-ring (bicyclic) bond motifs is 9. The highest BCUT2D eigenvalue weighted by molar-refractivity contribution is 6.19. The Balaban J connectivity index is 1.000.